The monoisotopic (exact) mass is 390 g/mol. The van der Waals surface area contributed by atoms with Gasteiger partial charge in [0.05, 0.1) is 11.7 Å². The maximum Gasteiger partial charge on any atom is 0.254 e. The zero-order chi connectivity index (χ0) is 19.5. The molecule has 3 heterocycles. The summed E-state index contributed by atoms with van der Waals surface area (Å²) < 4.78 is 1.55. The highest BCUT2D eigenvalue weighted by atomic mass is 32.1. The summed E-state index contributed by atoms with van der Waals surface area (Å²) in [5.74, 6) is -0.0638. The van der Waals surface area contributed by atoms with Crippen LogP contribution in [0.25, 0.3) is 16.8 Å². The largest absolute Gasteiger partial charge is 0.334 e. The molecule has 8 heteroatoms. The van der Waals surface area contributed by atoms with E-state index in [4.69, 9.17) is 0 Å². The zero-order valence-electron chi connectivity index (χ0n) is 15.4. The number of rotatable bonds is 5. The molecule has 1 atom stereocenters. The minimum atomic E-state index is -0.0638. The third kappa shape index (κ3) is 3.54. The average Bonchev–Trinajstić information content (AvgIpc) is 3.47. The smallest absolute Gasteiger partial charge is 0.254 e. The van der Waals surface area contributed by atoms with E-state index in [9.17, 15) is 4.79 Å². The summed E-state index contributed by atoms with van der Waals surface area (Å²) in [4.78, 5) is 20.2. The Morgan fingerprint density at radius 1 is 1.14 bits per heavy atom. The number of hydrogen-bond acceptors (Lipinski definition) is 6. The molecule has 0 aliphatic rings. The Balaban J connectivity index is 1.75. The molecule has 0 saturated carbocycles. The van der Waals surface area contributed by atoms with E-state index in [1.807, 2.05) is 55.7 Å². The molecule has 0 saturated heterocycles. The van der Waals surface area contributed by atoms with E-state index < -0.39 is 0 Å². The van der Waals surface area contributed by atoms with Gasteiger partial charge in [0.25, 0.3) is 5.91 Å². The van der Waals surface area contributed by atoms with Gasteiger partial charge in [0.15, 0.2) is 0 Å². The van der Waals surface area contributed by atoms with Gasteiger partial charge in [0.2, 0.25) is 0 Å². The molecule has 0 bridgehead atoms. The number of benzene rings is 1. The van der Waals surface area contributed by atoms with Crippen LogP contribution in [0.5, 0.6) is 0 Å². The van der Waals surface area contributed by atoms with Gasteiger partial charge in [0.1, 0.15) is 6.33 Å². The number of amides is 1. The van der Waals surface area contributed by atoms with E-state index in [1.54, 1.807) is 39.4 Å². The van der Waals surface area contributed by atoms with E-state index in [0.29, 0.717) is 5.56 Å². The summed E-state index contributed by atoms with van der Waals surface area (Å²) in [7, 11) is 1.82. The van der Waals surface area contributed by atoms with E-state index in [0.717, 1.165) is 21.7 Å². The van der Waals surface area contributed by atoms with Crippen LogP contribution in [0.3, 0.4) is 0 Å². The Labute approximate surface area is 166 Å². The Hall–Kier alpha value is -3.39. The normalized spacial score (nSPS) is 11.9. The first-order chi connectivity index (χ1) is 13.6. The molecule has 0 radical (unpaired) electrons. The van der Waals surface area contributed by atoms with Crippen LogP contribution in [0.4, 0.5) is 0 Å². The maximum absolute atomic E-state index is 13.2. The molecule has 0 aliphatic carbocycles. The second kappa shape index (κ2) is 7.69. The van der Waals surface area contributed by atoms with Gasteiger partial charge in [-0.25, -0.2) is 4.68 Å². The quantitative estimate of drug-likeness (QED) is 0.520. The number of nitrogens with zero attached hydrogens (tertiary/aromatic N) is 6. The van der Waals surface area contributed by atoms with Gasteiger partial charge in [-0.2, -0.15) is 0 Å². The minimum absolute atomic E-state index is 0.0198. The molecule has 140 valence electrons. The van der Waals surface area contributed by atoms with Crippen LogP contribution in [0, 0.1) is 0 Å². The molecular weight excluding hydrogens is 372 g/mol. The second-order valence-electron chi connectivity index (χ2n) is 6.37. The molecule has 1 unspecified atom stereocenters. The predicted molar refractivity (Wildman–Crippen MR) is 107 cm³/mol. The zero-order valence-corrected chi connectivity index (χ0v) is 16.2. The van der Waals surface area contributed by atoms with Crippen molar-refractivity contribution in [3.63, 3.8) is 0 Å². The molecule has 1 amide bonds. The van der Waals surface area contributed by atoms with E-state index in [-0.39, 0.29) is 11.9 Å². The van der Waals surface area contributed by atoms with Gasteiger partial charge >= 0.3 is 0 Å². The molecule has 0 spiro atoms. The third-order valence-electron chi connectivity index (χ3n) is 4.65. The van der Waals surface area contributed by atoms with Crippen molar-refractivity contribution in [2.24, 2.45) is 0 Å². The van der Waals surface area contributed by atoms with Crippen molar-refractivity contribution in [2.45, 2.75) is 13.0 Å². The fraction of sp³-hybridized carbons (Fsp3) is 0.150. The molecule has 0 fully saturated rings. The van der Waals surface area contributed by atoms with Gasteiger partial charge in [0, 0.05) is 29.9 Å². The topological polar surface area (TPSA) is 76.8 Å². The molecule has 28 heavy (non-hydrogen) atoms. The predicted octanol–water partition coefficient (Wildman–Crippen LogP) is 3.62. The maximum atomic E-state index is 13.2. The highest BCUT2D eigenvalue weighted by molar-refractivity contribution is 7.10. The lowest BCUT2D eigenvalue weighted by molar-refractivity contribution is 0.0745. The first kappa shape index (κ1) is 18.0. The molecule has 4 aromatic rings. The second-order valence-corrected chi connectivity index (χ2v) is 7.35. The average molecular weight is 390 g/mol. The van der Waals surface area contributed by atoms with Crippen LogP contribution in [-0.4, -0.2) is 43.0 Å². The van der Waals surface area contributed by atoms with Crippen molar-refractivity contribution >= 4 is 17.2 Å². The van der Waals surface area contributed by atoms with E-state index in [2.05, 4.69) is 20.5 Å². The Kier molecular flexibility index (Phi) is 4.94. The fourth-order valence-electron chi connectivity index (χ4n) is 2.96. The number of aromatic nitrogens is 5. The van der Waals surface area contributed by atoms with Crippen molar-refractivity contribution in [1.29, 1.82) is 0 Å². The summed E-state index contributed by atoms with van der Waals surface area (Å²) in [5, 5.41) is 13.4. The molecule has 7 nitrogen and oxygen atoms in total. The van der Waals surface area contributed by atoms with Gasteiger partial charge in [-0.05, 0) is 70.3 Å². The van der Waals surface area contributed by atoms with Gasteiger partial charge < -0.3 is 4.90 Å². The number of carbonyl (C=O) groups is 1. The lowest BCUT2D eigenvalue weighted by atomic mass is 10.0. The number of thiophene rings is 1. The molecule has 0 N–H and O–H groups in total. The lowest BCUT2D eigenvalue weighted by Gasteiger charge is -2.24. The van der Waals surface area contributed by atoms with Crippen molar-refractivity contribution in [2.75, 3.05) is 7.05 Å². The first-order valence-electron chi connectivity index (χ1n) is 8.73. The number of tetrazole rings is 1. The van der Waals surface area contributed by atoms with Crippen molar-refractivity contribution in [3.8, 4) is 16.8 Å². The summed E-state index contributed by atoms with van der Waals surface area (Å²) in [6.07, 6.45) is 4.97. The Morgan fingerprint density at radius 2 is 1.96 bits per heavy atom. The summed E-state index contributed by atoms with van der Waals surface area (Å²) in [6.45, 7) is 2.03. The Morgan fingerprint density at radius 3 is 2.64 bits per heavy atom. The SMILES string of the molecule is CC(c1cccs1)N(C)C(=O)c1cc(-c2ccncc2)cc(-n2cnnn2)c1. The van der Waals surface area contributed by atoms with Crippen LogP contribution in [0.1, 0.15) is 28.2 Å². The van der Waals surface area contributed by atoms with Crippen LogP contribution >= 0.6 is 11.3 Å². The van der Waals surface area contributed by atoms with Crippen molar-refractivity contribution < 1.29 is 4.79 Å². The van der Waals surface area contributed by atoms with Crippen molar-refractivity contribution in [3.05, 3.63) is 77.0 Å². The number of hydrogen-bond donors (Lipinski definition) is 0. The highest BCUT2D eigenvalue weighted by Crippen LogP contribution is 2.28. The third-order valence-corrected chi connectivity index (χ3v) is 5.69. The molecular formula is C20H18N6OS. The van der Waals surface area contributed by atoms with Crippen LogP contribution in [0.15, 0.2) is 66.6 Å². The lowest BCUT2D eigenvalue weighted by Crippen LogP contribution is -2.29. The summed E-state index contributed by atoms with van der Waals surface area (Å²) in [5.41, 5.74) is 3.16. The van der Waals surface area contributed by atoms with Crippen LogP contribution in [-0.2, 0) is 0 Å². The standard InChI is InChI=1S/C20H18N6OS/c1-14(19-4-3-9-28-19)25(2)20(27)17-10-16(15-5-7-21-8-6-15)11-18(12-17)26-13-22-23-24-26/h3-14H,1-2H3. The summed E-state index contributed by atoms with van der Waals surface area (Å²) in [6, 6.07) is 13.5. The van der Waals surface area contributed by atoms with Gasteiger partial charge in [-0.3, -0.25) is 9.78 Å². The van der Waals surface area contributed by atoms with Crippen LogP contribution < -0.4 is 0 Å². The Bertz CT molecular complexity index is 1060. The molecule has 1 aromatic carbocycles. The number of pyridine rings is 1. The number of carbonyl (C=O) groups excluding carboxylic acids is 1. The van der Waals surface area contributed by atoms with Crippen molar-refractivity contribution in [1.82, 2.24) is 30.1 Å². The highest BCUT2D eigenvalue weighted by Gasteiger charge is 2.21. The minimum Gasteiger partial charge on any atom is -0.334 e. The van der Waals surface area contributed by atoms with Gasteiger partial charge in [-0.15, -0.1) is 16.4 Å². The summed E-state index contributed by atoms with van der Waals surface area (Å²) >= 11 is 1.64. The molecule has 3 aromatic heterocycles. The molecule has 4 rings (SSSR count). The first-order valence-corrected chi connectivity index (χ1v) is 9.61. The van der Waals surface area contributed by atoms with E-state index >= 15 is 0 Å². The van der Waals surface area contributed by atoms with Gasteiger partial charge in [-0.1, -0.05) is 6.07 Å². The van der Waals surface area contributed by atoms with E-state index in [1.165, 1.54) is 6.33 Å². The molecule has 0 aliphatic heterocycles. The fourth-order valence-corrected chi connectivity index (χ4v) is 3.78. The van der Waals surface area contributed by atoms with Crippen LogP contribution in [0.2, 0.25) is 0 Å².